The molecule has 0 saturated carbocycles. The number of phenols is 2. The Balaban J connectivity index is 1.92. The molecule has 0 amide bonds. The van der Waals surface area contributed by atoms with Crippen molar-refractivity contribution in [3.63, 3.8) is 0 Å². The molecule has 2 aromatic carbocycles. The second kappa shape index (κ2) is 9.66. The van der Waals surface area contributed by atoms with Gasteiger partial charge in [-0.1, -0.05) is 53.6 Å². The molecule has 3 rings (SSSR count). The molecule has 1 aliphatic rings. The van der Waals surface area contributed by atoms with Gasteiger partial charge in [0.25, 0.3) is 0 Å². The van der Waals surface area contributed by atoms with Gasteiger partial charge < -0.3 is 14.9 Å². The number of methoxy groups -OCH3 is 1. The van der Waals surface area contributed by atoms with Gasteiger partial charge >= 0.3 is 0 Å². The zero-order valence-electron chi connectivity index (χ0n) is 17.9. The summed E-state index contributed by atoms with van der Waals surface area (Å²) in [6.07, 6.45) is 7.77. The van der Waals surface area contributed by atoms with Crippen molar-refractivity contribution in [2.45, 2.75) is 45.4 Å². The Labute approximate surface area is 178 Å². The van der Waals surface area contributed by atoms with Crippen LogP contribution in [0.5, 0.6) is 17.2 Å². The molecule has 4 heteroatoms. The molecular weight excluding hydrogens is 376 g/mol. The van der Waals surface area contributed by atoms with Crippen LogP contribution in [0.3, 0.4) is 0 Å². The van der Waals surface area contributed by atoms with Crippen molar-refractivity contribution < 1.29 is 19.7 Å². The van der Waals surface area contributed by atoms with E-state index in [9.17, 15) is 15.0 Å². The van der Waals surface area contributed by atoms with Gasteiger partial charge in [-0.05, 0) is 51.0 Å². The Kier molecular flexibility index (Phi) is 6.99. The molecule has 0 bridgehead atoms. The molecule has 30 heavy (non-hydrogen) atoms. The zero-order chi connectivity index (χ0) is 21.7. The number of carbonyl (C=O) groups excluding carboxylic acids is 1. The smallest absolute Gasteiger partial charge is 0.174 e. The molecule has 2 aromatic rings. The predicted molar refractivity (Wildman–Crippen MR) is 119 cm³/mol. The molecule has 1 aliphatic carbocycles. The molecule has 0 saturated heterocycles. The van der Waals surface area contributed by atoms with E-state index >= 15 is 0 Å². The van der Waals surface area contributed by atoms with Crippen molar-refractivity contribution in [1.82, 2.24) is 0 Å². The van der Waals surface area contributed by atoms with Gasteiger partial charge in [-0.2, -0.15) is 0 Å². The molecule has 2 atom stereocenters. The van der Waals surface area contributed by atoms with Gasteiger partial charge in [0.05, 0.1) is 7.11 Å². The molecule has 0 radical (unpaired) electrons. The molecule has 0 unspecified atom stereocenters. The van der Waals surface area contributed by atoms with Gasteiger partial charge in [0.1, 0.15) is 22.8 Å². The first-order valence-electron chi connectivity index (χ1n) is 10.4. The van der Waals surface area contributed by atoms with Crippen molar-refractivity contribution in [3.05, 3.63) is 76.9 Å². The minimum atomic E-state index is -0.343. The maximum Gasteiger partial charge on any atom is 0.174 e. The molecule has 2 N–H and O–H groups in total. The van der Waals surface area contributed by atoms with Crippen LogP contribution in [-0.4, -0.2) is 23.1 Å². The van der Waals surface area contributed by atoms with Crippen molar-refractivity contribution in [2.24, 2.45) is 5.92 Å². The van der Waals surface area contributed by atoms with E-state index in [1.165, 1.54) is 30.4 Å². The summed E-state index contributed by atoms with van der Waals surface area (Å²) >= 11 is 0. The number of ketones is 1. The lowest BCUT2D eigenvalue weighted by molar-refractivity contribution is 0.0889. The number of aromatic hydroxyl groups is 2. The lowest BCUT2D eigenvalue weighted by Crippen LogP contribution is -2.26. The third-order valence-electron chi connectivity index (χ3n) is 5.76. The highest BCUT2D eigenvalue weighted by Crippen LogP contribution is 2.43. The predicted octanol–water partition coefficient (Wildman–Crippen LogP) is 6.16. The van der Waals surface area contributed by atoms with E-state index in [2.05, 4.69) is 38.1 Å². The Morgan fingerprint density at radius 1 is 1.13 bits per heavy atom. The first-order valence-corrected chi connectivity index (χ1v) is 10.4. The number of hydrogen-bond acceptors (Lipinski definition) is 4. The Morgan fingerprint density at radius 3 is 2.40 bits per heavy atom. The summed E-state index contributed by atoms with van der Waals surface area (Å²) in [5.41, 5.74) is 3.75. The Morgan fingerprint density at radius 2 is 1.80 bits per heavy atom. The second-order valence-corrected chi connectivity index (χ2v) is 8.15. The molecule has 158 valence electrons. The summed E-state index contributed by atoms with van der Waals surface area (Å²) in [6.45, 7) is 4.20. The van der Waals surface area contributed by atoms with Gasteiger partial charge in [0.15, 0.2) is 5.78 Å². The largest absolute Gasteiger partial charge is 0.507 e. The number of hydrogen-bond donors (Lipinski definition) is 2. The van der Waals surface area contributed by atoms with Crippen LogP contribution < -0.4 is 4.74 Å². The van der Waals surface area contributed by atoms with Crippen LogP contribution in [0, 0.1) is 5.92 Å². The number of phenolic OH excluding ortho intramolecular Hbond substituents is 2. The van der Waals surface area contributed by atoms with Crippen molar-refractivity contribution in [3.8, 4) is 17.2 Å². The van der Waals surface area contributed by atoms with Gasteiger partial charge in [0.2, 0.25) is 0 Å². The first-order chi connectivity index (χ1) is 14.4. The highest BCUT2D eigenvalue weighted by molar-refractivity contribution is 6.03. The second-order valence-electron chi connectivity index (χ2n) is 8.15. The fourth-order valence-corrected chi connectivity index (χ4v) is 4.20. The van der Waals surface area contributed by atoms with E-state index in [0.29, 0.717) is 12.2 Å². The monoisotopic (exact) mass is 406 g/mol. The maximum atomic E-state index is 13.4. The zero-order valence-corrected chi connectivity index (χ0v) is 17.9. The lowest BCUT2D eigenvalue weighted by atomic mass is 9.72. The van der Waals surface area contributed by atoms with Gasteiger partial charge in [-0.25, -0.2) is 0 Å². The summed E-state index contributed by atoms with van der Waals surface area (Å²) in [6, 6.07) is 12.8. The molecule has 0 aromatic heterocycles. The van der Waals surface area contributed by atoms with E-state index in [-0.39, 0.29) is 34.7 Å². The average Bonchev–Trinajstić information content (AvgIpc) is 2.73. The normalized spacial score (nSPS) is 18.4. The number of allylic oxidation sites excluding steroid dienone is 4. The maximum absolute atomic E-state index is 13.4. The summed E-state index contributed by atoms with van der Waals surface area (Å²) in [7, 11) is 1.45. The molecule has 0 spiro atoms. The quantitative estimate of drug-likeness (QED) is 0.427. The highest BCUT2D eigenvalue weighted by Gasteiger charge is 2.35. The SMILES string of the molecule is COc1cc(O)c(C(=O)[C@@H]2CC=C(CCC=C(C)C)C[C@H]2c2ccccc2)c(O)c1. The fourth-order valence-electron chi connectivity index (χ4n) is 4.20. The van der Waals surface area contributed by atoms with Crippen LogP contribution in [0.2, 0.25) is 0 Å². The van der Waals surface area contributed by atoms with Crippen molar-refractivity contribution in [2.75, 3.05) is 7.11 Å². The van der Waals surface area contributed by atoms with Crippen LogP contribution in [0.25, 0.3) is 0 Å². The van der Waals surface area contributed by atoms with Crippen molar-refractivity contribution in [1.29, 1.82) is 0 Å². The standard InChI is InChI=1S/C26H30O4/c1-17(2)8-7-9-18-12-13-21(22(14-18)19-10-5-4-6-11-19)26(29)25-23(27)15-20(30-3)16-24(25)28/h4-6,8,10-12,15-16,21-22,27-28H,7,9,13-14H2,1-3H3/t21-,22+/m1/s1. The van der Waals surface area contributed by atoms with Crippen LogP contribution >= 0.6 is 0 Å². The minimum Gasteiger partial charge on any atom is -0.507 e. The summed E-state index contributed by atoms with van der Waals surface area (Å²) in [4.78, 5) is 13.4. The van der Waals surface area contributed by atoms with Crippen LogP contribution in [0.15, 0.2) is 65.8 Å². The lowest BCUT2D eigenvalue weighted by Gasteiger charge is -2.31. The van der Waals surface area contributed by atoms with E-state index in [4.69, 9.17) is 4.74 Å². The molecule has 0 aliphatic heterocycles. The number of Topliss-reactive ketones (excluding diaryl/α,β-unsaturated/α-hetero) is 1. The highest BCUT2D eigenvalue weighted by atomic mass is 16.5. The van der Waals surface area contributed by atoms with E-state index in [1.807, 2.05) is 18.2 Å². The van der Waals surface area contributed by atoms with Gasteiger partial charge in [-0.3, -0.25) is 4.79 Å². The van der Waals surface area contributed by atoms with Gasteiger partial charge in [0, 0.05) is 18.1 Å². The number of benzene rings is 2. The first kappa shape index (κ1) is 21.7. The summed E-state index contributed by atoms with van der Waals surface area (Å²) in [5, 5.41) is 20.8. The average molecular weight is 407 g/mol. The van der Waals surface area contributed by atoms with Crippen LogP contribution in [-0.2, 0) is 0 Å². The summed E-state index contributed by atoms with van der Waals surface area (Å²) < 4.78 is 5.07. The Hall–Kier alpha value is -3.01. The van der Waals surface area contributed by atoms with Gasteiger partial charge in [-0.15, -0.1) is 0 Å². The fraction of sp³-hybridized carbons (Fsp3) is 0.346. The number of rotatable bonds is 7. The number of carbonyl (C=O) groups is 1. The van der Waals surface area contributed by atoms with E-state index in [1.54, 1.807) is 0 Å². The van der Waals surface area contributed by atoms with Crippen molar-refractivity contribution >= 4 is 5.78 Å². The number of ether oxygens (including phenoxy) is 1. The third kappa shape index (κ3) is 4.93. The van der Waals surface area contributed by atoms with Crippen LogP contribution in [0.1, 0.15) is 61.4 Å². The molecule has 4 nitrogen and oxygen atoms in total. The van der Waals surface area contributed by atoms with E-state index < -0.39 is 0 Å². The third-order valence-corrected chi connectivity index (χ3v) is 5.76. The topological polar surface area (TPSA) is 66.8 Å². The Bertz CT molecular complexity index is 929. The molecule has 0 fully saturated rings. The van der Waals surface area contributed by atoms with E-state index in [0.717, 1.165) is 24.8 Å². The summed E-state index contributed by atoms with van der Waals surface area (Å²) in [5.74, 6) is -0.757. The molecule has 0 heterocycles. The molecular formula is C26H30O4. The van der Waals surface area contributed by atoms with Crippen LogP contribution in [0.4, 0.5) is 0 Å². The minimum absolute atomic E-state index is 0.00584.